The molecule has 1 nitrogen and oxygen atoms in total. The van der Waals surface area contributed by atoms with Crippen LogP contribution in [0.15, 0.2) is 49.3 Å². The molecule has 0 bridgehead atoms. The Labute approximate surface area is 81.1 Å². The third kappa shape index (κ3) is 8.67. The van der Waals surface area contributed by atoms with E-state index in [0.29, 0.717) is 12.4 Å². The zero-order valence-electron chi connectivity index (χ0n) is 8.33. The molecule has 0 heterocycles. The van der Waals surface area contributed by atoms with Gasteiger partial charge in [0.2, 0.25) is 0 Å². The molecule has 0 spiro atoms. The van der Waals surface area contributed by atoms with Crippen molar-refractivity contribution in [3.05, 3.63) is 49.3 Å². The highest BCUT2D eigenvalue weighted by Gasteiger charge is 1.87. The van der Waals surface area contributed by atoms with Crippen LogP contribution in [0, 0.1) is 0 Å². The lowest BCUT2D eigenvalue weighted by molar-refractivity contribution is 0.222. The maximum atomic E-state index is 5.33. The Kier molecular flexibility index (Phi) is 8.01. The van der Waals surface area contributed by atoms with E-state index in [1.807, 2.05) is 37.3 Å². The van der Waals surface area contributed by atoms with Crippen LogP contribution >= 0.6 is 0 Å². The second-order valence-electron chi connectivity index (χ2n) is 2.63. The van der Waals surface area contributed by atoms with Crippen molar-refractivity contribution in [1.29, 1.82) is 0 Å². The van der Waals surface area contributed by atoms with Crippen molar-refractivity contribution in [3.63, 3.8) is 0 Å². The van der Waals surface area contributed by atoms with Crippen LogP contribution in [-0.4, -0.2) is 6.61 Å². The first-order chi connectivity index (χ1) is 6.31. The van der Waals surface area contributed by atoms with Crippen molar-refractivity contribution >= 4 is 0 Å². The Morgan fingerprint density at radius 3 is 2.77 bits per heavy atom. The summed E-state index contributed by atoms with van der Waals surface area (Å²) in [5.41, 5.74) is 0. The molecule has 0 unspecified atom stereocenters. The van der Waals surface area contributed by atoms with Gasteiger partial charge in [0.1, 0.15) is 5.76 Å². The molecule has 0 aliphatic carbocycles. The molecule has 0 aliphatic rings. The standard InChI is InChI=1S/C12H18O/c1-4-6-8-10-12(3)13-11-9-7-5-2/h4-6,8,10H,2-3,7,9,11H2,1H3/b6-4-,10-8-. The van der Waals surface area contributed by atoms with E-state index >= 15 is 0 Å². The molecule has 0 saturated carbocycles. The van der Waals surface area contributed by atoms with Crippen molar-refractivity contribution in [2.24, 2.45) is 0 Å². The zero-order chi connectivity index (χ0) is 9.94. The van der Waals surface area contributed by atoms with Crippen molar-refractivity contribution in [2.45, 2.75) is 19.8 Å². The van der Waals surface area contributed by atoms with Crippen LogP contribution in [-0.2, 0) is 4.74 Å². The fraction of sp³-hybridized carbons (Fsp3) is 0.333. The molecule has 1 heteroatoms. The van der Waals surface area contributed by atoms with Crippen LogP contribution in [0.3, 0.4) is 0 Å². The van der Waals surface area contributed by atoms with Gasteiger partial charge in [0.05, 0.1) is 6.61 Å². The quantitative estimate of drug-likeness (QED) is 0.250. The molecule has 0 N–H and O–H groups in total. The largest absolute Gasteiger partial charge is 0.494 e. The summed E-state index contributed by atoms with van der Waals surface area (Å²) in [5, 5.41) is 0. The monoisotopic (exact) mass is 178 g/mol. The first-order valence-electron chi connectivity index (χ1n) is 4.53. The molecule has 13 heavy (non-hydrogen) atoms. The minimum Gasteiger partial charge on any atom is -0.494 e. The lowest BCUT2D eigenvalue weighted by Crippen LogP contribution is -1.90. The lowest BCUT2D eigenvalue weighted by atomic mass is 10.3. The maximum absolute atomic E-state index is 5.33. The normalized spacial score (nSPS) is 10.8. The van der Waals surface area contributed by atoms with Gasteiger partial charge >= 0.3 is 0 Å². The Bertz CT molecular complexity index is 199. The predicted octanol–water partition coefficient (Wildman–Crippen LogP) is 3.62. The van der Waals surface area contributed by atoms with E-state index < -0.39 is 0 Å². The molecule has 0 aromatic rings. The summed E-state index contributed by atoms with van der Waals surface area (Å²) in [6.45, 7) is 10.1. The Morgan fingerprint density at radius 2 is 2.15 bits per heavy atom. The van der Waals surface area contributed by atoms with Gasteiger partial charge in [-0.3, -0.25) is 0 Å². The molecule has 0 aliphatic heterocycles. The van der Waals surface area contributed by atoms with Gasteiger partial charge in [-0.2, -0.15) is 0 Å². The third-order valence-electron chi connectivity index (χ3n) is 1.43. The lowest BCUT2D eigenvalue weighted by Gasteiger charge is -2.02. The molecule has 0 aromatic carbocycles. The topological polar surface area (TPSA) is 9.23 Å². The van der Waals surface area contributed by atoms with E-state index in [1.165, 1.54) is 0 Å². The Balaban J connectivity index is 3.45. The summed E-state index contributed by atoms with van der Waals surface area (Å²) in [7, 11) is 0. The van der Waals surface area contributed by atoms with Gasteiger partial charge < -0.3 is 4.74 Å². The van der Waals surface area contributed by atoms with Crippen LogP contribution in [0.1, 0.15) is 19.8 Å². The van der Waals surface area contributed by atoms with E-state index in [-0.39, 0.29) is 0 Å². The number of rotatable bonds is 7. The third-order valence-corrected chi connectivity index (χ3v) is 1.43. The highest BCUT2D eigenvalue weighted by Crippen LogP contribution is 1.99. The minimum absolute atomic E-state index is 0.710. The van der Waals surface area contributed by atoms with Crippen molar-refractivity contribution < 1.29 is 4.74 Å². The van der Waals surface area contributed by atoms with Gasteiger partial charge in [0.15, 0.2) is 0 Å². The summed E-state index contributed by atoms with van der Waals surface area (Å²) in [5.74, 6) is 0.710. The smallest absolute Gasteiger partial charge is 0.112 e. The molecule has 0 rings (SSSR count). The predicted molar refractivity (Wildman–Crippen MR) is 58.5 cm³/mol. The second-order valence-corrected chi connectivity index (χ2v) is 2.63. The number of ether oxygens (including phenoxy) is 1. The van der Waals surface area contributed by atoms with Crippen LogP contribution in [0.25, 0.3) is 0 Å². The molecule has 0 radical (unpaired) electrons. The van der Waals surface area contributed by atoms with Gasteiger partial charge in [0, 0.05) is 0 Å². The fourth-order valence-electron chi connectivity index (χ4n) is 0.753. The number of unbranched alkanes of at least 4 members (excludes halogenated alkanes) is 1. The molecule has 0 amide bonds. The Morgan fingerprint density at radius 1 is 1.38 bits per heavy atom. The molecular formula is C12H18O. The van der Waals surface area contributed by atoms with Crippen LogP contribution in [0.2, 0.25) is 0 Å². The molecule has 0 fully saturated rings. The van der Waals surface area contributed by atoms with Crippen molar-refractivity contribution in [1.82, 2.24) is 0 Å². The van der Waals surface area contributed by atoms with Gasteiger partial charge in [-0.05, 0) is 25.8 Å². The molecule has 72 valence electrons. The number of allylic oxidation sites excluding steroid dienone is 5. The van der Waals surface area contributed by atoms with Crippen molar-refractivity contribution in [2.75, 3.05) is 6.61 Å². The van der Waals surface area contributed by atoms with Crippen LogP contribution in [0.4, 0.5) is 0 Å². The van der Waals surface area contributed by atoms with Crippen LogP contribution in [0.5, 0.6) is 0 Å². The summed E-state index contributed by atoms with van der Waals surface area (Å²) in [6, 6.07) is 0. The number of hydrogen-bond donors (Lipinski definition) is 0. The van der Waals surface area contributed by atoms with Gasteiger partial charge in [-0.1, -0.05) is 30.9 Å². The van der Waals surface area contributed by atoms with E-state index in [0.717, 1.165) is 12.8 Å². The van der Waals surface area contributed by atoms with Gasteiger partial charge in [0.25, 0.3) is 0 Å². The van der Waals surface area contributed by atoms with E-state index in [9.17, 15) is 0 Å². The second kappa shape index (κ2) is 8.85. The Hall–Kier alpha value is -1.24. The average molecular weight is 178 g/mol. The summed E-state index contributed by atoms with van der Waals surface area (Å²) < 4.78 is 5.33. The number of hydrogen-bond acceptors (Lipinski definition) is 1. The highest BCUT2D eigenvalue weighted by atomic mass is 16.5. The first kappa shape index (κ1) is 11.8. The highest BCUT2D eigenvalue weighted by molar-refractivity contribution is 5.13. The first-order valence-corrected chi connectivity index (χ1v) is 4.53. The van der Waals surface area contributed by atoms with Gasteiger partial charge in [-0.25, -0.2) is 0 Å². The molecule has 0 saturated heterocycles. The minimum atomic E-state index is 0.710. The van der Waals surface area contributed by atoms with Crippen LogP contribution < -0.4 is 0 Å². The molecule has 0 atom stereocenters. The molecular weight excluding hydrogens is 160 g/mol. The fourth-order valence-corrected chi connectivity index (χ4v) is 0.753. The zero-order valence-corrected chi connectivity index (χ0v) is 8.33. The van der Waals surface area contributed by atoms with Crippen molar-refractivity contribution in [3.8, 4) is 0 Å². The van der Waals surface area contributed by atoms with Gasteiger partial charge in [-0.15, -0.1) is 6.58 Å². The summed E-state index contributed by atoms with van der Waals surface area (Å²) in [4.78, 5) is 0. The average Bonchev–Trinajstić information content (AvgIpc) is 2.13. The molecule has 0 aromatic heterocycles. The summed E-state index contributed by atoms with van der Waals surface area (Å²) >= 11 is 0. The maximum Gasteiger partial charge on any atom is 0.112 e. The summed E-state index contributed by atoms with van der Waals surface area (Å²) in [6.07, 6.45) is 11.6. The SMILES string of the molecule is C=CCCCOC(=C)/C=C\C=C/C. The van der Waals surface area contributed by atoms with E-state index in [1.54, 1.807) is 0 Å². The van der Waals surface area contributed by atoms with E-state index in [4.69, 9.17) is 4.74 Å². The van der Waals surface area contributed by atoms with E-state index in [2.05, 4.69) is 13.2 Å².